The third-order valence-electron chi connectivity index (χ3n) is 2.62. The zero-order valence-corrected chi connectivity index (χ0v) is 12.3. The summed E-state index contributed by atoms with van der Waals surface area (Å²) in [6, 6.07) is 9.84. The number of nitrogens with zero attached hydrogens (tertiary/aromatic N) is 2. The highest BCUT2D eigenvalue weighted by molar-refractivity contribution is 7.11. The van der Waals surface area contributed by atoms with Gasteiger partial charge in [-0.2, -0.15) is 5.26 Å². The van der Waals surface area contributed by atoms with Crippen LogP contribution in [0.5, 0.6) is 0 Å². The lowest BCUT2D eigenvalue weighted by atomic mass is 10.2. The van der Waals surface area contributed by atoms with Crippen LogP contribution in [0, 0.1) is 18.3 Å². The smallest absolute Gasteiger partial charge is 0.132 e. The quantitative estimate of drug-likeness (QED) is 0.866. The van der Waals surface area contributed by atoms with Gasteiger partial charge in [0.2, 0.25) is 0 Å². The first-order valence-corrected chi connectivity index (χ1v) is 7.16. The Morgan fingerprint density at radius 1 is 1.47 bits per heavy atom. The number of nitriles is 1. The van der Waals surface area contributed by atoms with Crippen molar-refractivity contribution in [2.45, 2.75) is 26.3 Å². The topological polar surface area (TPSA) is 48.7 Å². The monoisotopic (exact) mass is 291 g/mol. The number of aromatic nitrogens is 1. The normalized spacial score (nSPS) is 11.9. The van der Waals surface area contributed by atoms with E-state index in [1.807, 2.05) is 0 Å². The van der Waals surface area contributed by atoms with Crippen LogP contribution in [0.2, 0.25) is 5.15 Å². The molecule has 1 N–H and O–H groups in total. The van der Waals surface area contributed by atoms with Crippen LogP contribution in [-0.2, 0) is 6.42 Å². The van der Waals surface area contributed by atoms with Crippen LogP contribution in [0.25, 0.3) is 0 Å². The van der Waals surface area contributed by atoms with Gasteiger partial charge >= 0.3 is 0 Å². The summed E-state index contributed by atoms with van der Waals surface area (Å²) in [5.41, 5.74) is 0.515. The first-order chi connectivity index (χ1) is 9.06. The summed E-state index contributed by atoms with van der Waals surface area (Å²) in [6.07, 6.45) is 0.925. The van der Waals surface area contributed by atoms with Crippen molar-refractivity contribution in [2.24, 2.45) is 0 Å². The molecule has 19 heavy (non-hydrogen) atoms. The van der Waals surface area contributed by atoms with Crippen molar-refractivity contribution in [1.29, 1.82) is 5.26 Å². The standard InChI is InChI=1S/C14H14ClN3S/c1-9(5-12-4-3-10(2)19-12)17-14-7-11(8-16)6-13(15)18-14/h3-4,6-7,9H,5H2,1-2H3,(H,17,18). The van der Waals surface area contributed by atoms with Crippen molar-refractivity contribution < 1.29 is 0 Å². The zero-order valence-electron chi connectivity index (χ0n) is 10.8. The van der Waals surface area contributed by atoms with Gasteiger partial charge in [-0.15, -0.1) is 11.3 Å². The van der Waals surface area contributed by atoms with Crippen LogP contribution in [0.3, 0.4) is 0 Å². The summed E-state index contributed by atoms with van der Waals surface area (Å²) in [4.78, 5) is 6.82. The number of thiophene rings is 1. The molecule has 98 valence electrons. The lowest BCUT2D eigenvalue weighted by molar-refractivity contribution is 0.794. The average Bonchev–Trinajstić information content (AvgIpc) is 2.73. The molecule has 2 aromatic rings. The van der Waals surface area contributed by atoms with Gasteiger partial charge in [-0.25, -0.2) is 4.98 Å². The van der Waals surface area contributed by atoms with Gasteiger partial charge in [-0.1, -0.05) is 11.6 Å². The van der Waals surface area contributed by atoms with Gasteiger partial charge in [0, 0.05) is 22.2 Å². The Hall–Kier alpha value is -1.57. The average molecular weight is 292 g/mol. The summed E-state index contributed by atoms with van der Waals surface area (Å²) in [7, 11) is 0. The zero-order chi connectivity index (χ0) is 13.8. The Bertz CT molecular complexity index is 615. The molecule has 0 aliphatic carbocycles. The maximum Gasteiger partial charge on any atom is 0.132 e. The minimum atomic E-state index is 0.232. The minimum absolute atomic E-state index is 0.232. The lowest BCUT2D eigenvalue weighted by Gasteiger charge is -2.13. The van der Waals surface area contributed by atoms with Crippen molar-refractivity contribution in [3.63, 3.8) is 0 Å². The molecule has 0 aliphatic rings. The molecule has 2 aromatic heterocycles. The lowest BCUT2D eigenvalue weighted by Crippen LogP contribution is -2.18. The van der Waals surface area contributed by atoms with Gasteiger partial charge in [-0.3, -0.25) is 0 Å². The van der Waals surface area contributed by atoms with Crippen molar-refractivity contribution >= 4 is 28.8 Å². The first kappa shape index (κ1) is 13.9. The molecular formula is C14H14ClN3S. The second kappa shape index (κ2) is 6.05. The molecule has 5 heteroatoms. The Morgan fingerprint density at radius 3 is 2.89 bits per heavy atom. The summed E-state index contributed by atoms with van der Waals surface area (Å²) >= 11 is 7.67. The van der Waals surface area contributed by atoms with Gasteiger partial charge in [0.25, 0.3) is 0 Å². The predicted octanol–water partition coefficient (Wildman–Crippen LogP) is 4.02. The SMILES string of the molecule is Cc1ccc(CC(C)Nc2cc(C#N)cc(Cl)n2)s1. The van der Waals surface area contributed by atoms with E-state index >= 15 is 0 Å². The number of hydrogen-bond acceptors (Lipinski definition) is 4. The molecule has 2 rings (SSSR count). The number of halogens is 1. The van der Waals surface area contributed by atoms with Gasteiger partial charge in [0.1, 0.15) is 11.0 Å². The molecular weight excluding hydrogens is 278 g/mol. The van der Waals surface area contributed by atoms with E-state index in [1.54, 1.807) is 23.5 Å². The van der Waals surface area contributed by atoms with E-state index in [2.05, 4.69) is 42.4 Å². The Labute approximate surface area is 121 Å². The summed E-state index contributed by atoms with van der Waals surface area (Å²) < 4.78 is 0. The number of hydrogen-bond donors (Lipinski definition) is 1. The van der Waals surface area contributed by atoms with E-state index in [1.165, 1.54) is 9.75 Å². The molecule has 1 atom stereocenters. The molecule has 1 unspecified atom stereocenters. The van der Waals surface area contributed by atoms with Crippen LogP contribution < -0.4 is 5.32 Å². The van der Waals surface area contributed by atoms with Gasteiger partial charge in [0.15, 0.2) is 0 Å². The molecule has 0 aliphatic heterocycles. The van der Waals surface area contributed by atoms with E-state index < -0.39 is 0 Å². The molecule has 2 heterocycles. The number of nitrogens with one attached hydrogen (secondary N) is 1. The van der Waals surface area contributed by atoms with Crippen LogP contribution in [0.4, 0.5) is 5.82 Å². The molecule has 0 aromatic carbocycles. The van der Waals surface area contributed by atoms with E-state index in [-0.39, 0.29) is 6.04 Å². The Balaban J connectivity index is 2.04. The molecule has 0 saturated carbocycles. The van der Waals surface area contributed by atoms with Crippen molar-refractivity contribution in [3.8, 4) is 6.07 Å². The highest BCUT2D eigenvalue weighted by atomic mass is 35.5. The van der Waals surface area contributed by atoms with Crippen LogP contribution in [0.1, 0.15) is 22.2 Å². The first-order valence-electron chi connectivity index (χ1n) is 5.96. The van der Waals surface area contributed by atoms with Gasteiger partial charge < -0.3 is 5.32 Å². The number of anilines is 1. The third-order valence-corrected chi connectivity index (χ3v) is 3.84. The molecule has 3 nitrogen and oxygen atoms in total. The number of aryl methyl sites for hydroxylation is 1. The molecule has 0 spiro atoms. The molecule has 0 fully saturated rings. The predicted molar refractivity (Wildman–Crippen MR) is 79.8 cm³/mol. The Morgan fingerprint density at radius 2 is 2.26 bits per heavy atom. The van der Waals surface area contributed by atoms with Gasteiger partial charge in [0.05, 0.1) is 11.6 Å². The molecule has 0 amide bonds. The fourth-order valence-electron chi connectivity index (χ4n) is 1.84. The highest BCUT2D eigenvalue weighted by Crippen LogP contribution is 2.19. The maximum absolute atomic E-state index is 8.90. The summed E-state index contributed by atoms with van der Waals surface area (Å²) in [6.45, 7) is 4.19. The number of pyridine rings is 1. The van der Waals surface area contributed by atoms with Crippen molar-refractivity contribution in [2.75, 3.05) is 5.32 Å². The molecule has 0 saturated heterocycles. The van der Waals surface area contributed by atoms with Crippen LogP contribution in [-0.4, -0.2) is 11.0 Å². The largest absolute Gasteiger partial charge is 0.367 e. The highest BCUT2D eigenvalue weighted by Gasteiger charge is 2.08. The minimum Gasteiger partial charge on any atom is -0.367 e. The van der Waals surface area contributed by atoms with E-state index in [0.717, 1.165) is 6.42 Å². The second-order valence-electron chi connectivity index (χ2n) is 4.44. The fourth-order valence-corrected chi connectivity index (χ4v) is 3.06. The third kappa shape index (κ3) is 3.95. The van der Waals surface area contributed by atoms with Crippen LogP contribution >= 0.6 is 22.9 Å². The number of rotatable bonds is 4. The van der Waals surface area contributed by atoms with E-state index in [0.29, 0.717) is 16.5 Å². The van der Waals surface area contributed by atoms with Crippen molar-refractivity contribution in [1.82, 2.24) is 4.98 Å². The van der Waals surface area contributed by atoms with Crippen LogP contribution in [0.15, 0.2) is 24.3 Å². The van der Waals surface area contributed by atoms with E-state index in [4.69, 9.17) is 16.9 Å². The molecule has 0 radical (unpaired) electrons. The van der Waals surface area contributed by atoms with Crippen molar-refractivity contribution in [3.05, 3.63) is 44.7 Å². The second-order valence-corrected chi connectivity index (χ2v) is 6.20. The summed E-state index contributed by atoms with van der Waals surface area (Å²) in [5, 5.41) is 12.5. The Kier molecular flexibility index (Phi) is 4.41. The maximum atomic E-state index is 8.90. The summed E-state index contributed by atoms with van der Waals surface area (Å²) in [5.74, 6) is 0.643. The molecule has 0 bridgehead atoms. The van der Waals surface area contributed by atoms with Gasteiger partial charge in [-0.05, 0) is 38.1 Å². The fraction of sp³-hybridized carbons (Fsp3) is 0.286. The van der Waals surface area contributed by atoms with E-state index in [9.17, 15) is 0 Å².